The number of unbranched alkanes of at least 4 members (excludes halogenated alkanes) is 6. The molecule has 2 aromatic rings. The van der Waals surface area contributed by atoms with E-state index in [2.05, 4.69) is 62.9 Å². The highest BCUT2D eigenvalue weighted by molar-refractivity contribution is 6.52. The summed E-state index contributed by atoms with van der Waals surface area (Å²) >= 11 is 0. The van der Waals surface area contributed by atoms with Gasteiger partial charge >= 0.3 is 0 Å². The Labute approximate surface area is 169 Å². The van der Waals surface area contributed by atoms with E-state index in [9.17, 15) is 0 Å². The van der Waals surface area contributed by atoms with Crippen LogP contribution in [0.25, 0.3) is 11.1 Å². The Morgan fingerprint density at radius 3 is 1.96 bits per heavy atom. The number of hydrogen-bond donors (Lipinski definition) is 0. The Morgan fingerprint density at radius 1 is 0.704 bits per heavy atom. The lowest BCUT2D eigenvalue weighted by Gasteiger charge is -2.33. The Kier molecular flexibility index (Phi) is 7.35. The van der Waals surface area contributed by atoms with Crippen LogP contribution in [0.3, 0.4) is 0 Å². The first-order valence-corrected chi connectivity index (χ1v) is 12.7. The fourth-order valence-electron chi connectivity index (χ4n) is 4.98. The highest BCUT2D eigenvalue weighted by atomic mass is 28.2. The molecule has 2 aromatic carbocycles. The normalized spacial score (nSPS) is 14.2. The summed E-state index contributed by atoms with van der Waals surface area (Å²) in [5.41, 5.74) is 6.53. The Bertz CT molecular complexity index is 719. The second-order valence-electron chi connectivity index (χ2n) is 8.26. The van der Waals surface area contributed by atoms with Crippen LogP contribution in [-0.2, 0) is 5.41 Å². The molecule has 0 aliphatic heterocycles. The van der Waals surface area contributed by atoms with Gasteiger partial charge in [-0.25, -0.2) is 0 Å². The summed E-state index contributed by atoms with van der Waals surface area (Å²) in [6, 6.07) is 16.6. The molecule has 144 valence electrons. The summed E-state index contributed by atoms with van der Waals surface area (Å²) < 4.78 is 0. The van der Waals surface area contributed by atoms with Crippen LogP contribution in [0.1, 0.15) is 89.2 Å². The van der Waals surface area contributed by atoms with Gasteiger partial charge in [-0.2, -0.15) is 0 Å². The molecule has 0 amide bonds. The Hall–Kier alpha value is -1.34. The van der Waals surface area contributed by atoms with E-state index < -0.39 is 0 Å². The molecule has 0 nitrogen and oxygen atoms in total. The summed E-state index contributed by atoms with van der Waals surface area (Å²) in [5, 5.41) is 1.52. The molecule has 0 unspecified atom stereocenters. The molecule has 1 aliphatic rings. The van der Waals surface area contributed by atoms with Crippen LogP contribution in [0, 0.1) is 0 Å². The first-order valence-electron chi connectivity index (χ1n) is 11.2. The Morgan fingerprint density at radius 2 is 1.33 bits per heavy atom. The van der Waals surface area contributed by atoms with Gasteiger partial charge in [-0.3, -0.25) is 0 Å². The van der Waals surface area contributed by atoms with Crippen LogP contribution in [0.2, 0.25) is 6.55 Å². The maximum Gasteiger partial charge on any atom is 0.0773 e. The van der Waals surface area contributed by atoms with E-state index in [0.717, 1.165) is 9.52 Å². The molecule has 0 atom stereocenters. The first-order chi connectivity index (χ1) is 13.3. The van der Waals surface area contributed by atoms with Gasteiger partial charge in [-0.15, -0.1) is 0 Å². The number of rotatable bonds is 11. The zero-order valence-electron chi connectivity index (χ0n) is 17.6. The lowest BCUT2D eigenvalue weighted by atomic mass is 9.70. The van der Waals surface area contributed by atoms with Gasteiger partial charge in [-0.1, -0.05) is 119 Å². The van der Waals surface area contributed by atoms with Crippen molar-refractivity contribution >= 4 is 14.7 Å². The molecule has 0 saturated carbocycles. The maximum atomic E-state index is 2.56. The maximum absolute atomic E-state index is 2.56. The van der Waals surface area contributed by atoms with Gasteiger partial charge in [0.05, 0.1) is 9.52 Å². The van der Waals surface area contributed by atoms with Crippen LogP contribution in [0.5, 0.6) is 0 Å². The van der Waals surface area contributed by atoms with E-state index in [1.165, 1.54) is 80.5 Å². The molecule has 0 fully saturated rings. The average Bonchev–Trinajstić information content (AvgIpc) is 2.98. The van der Waals surface area contributed by atoms with Gasteiger partial charge < -0.3 is 0 Å². The summed E-state index contributed by atoms with van der Waals surface area (Å²) in [5.74, 6) is 0. The molecular weight excluding hydrogens is 340 g/mol. The second kappa shape index (κ2) is 9.73. The van der Waals surface area contributed by atoms with E-state index in [4.69, 9.17) is 0 Å². The summed E-state index contributed by atoms with van der Waals surface area (Å²) in [7, 11) is 0.881. The molecule has 0 N–H and O–H groups in total. The van der Waals surface area contributed by atoms with Crippen LogP contribution in [0.15, 0.2) is 42.5 Å². The molecule has 1 aliphatic carbocycles. The fourth-order valence-corrected chi connectivity index (χ4v) is 5.52. The van der Waals surface area contributed by atoms with E-state index in [1.54, 1.807) is 11.1 Å². The van der Waals surface area contributed by atoms with E-state index >= 15 is 0 Å². The van der Waals surface area contributed by atoms with Gasteiger partial charge in [0.2, 0.25) is 0 Å². The molecule has 0 heterocycles. The minimum atomic E-state index is 0.253. The van der Waals surface area contributed by atoms with Gasteiger partial charge in [0.1, 0.15) is 0 Å². The number of benzene rings is 2. The van der Waals surface area contributed by atoms with Crippen molar-refractivity contribution in [2.45, 2.75) is 90.0 Å². The molecule has 0 bridgehead atoms. The molecule has 0 spiro atoms. The third kappa shape index (κ3) is 4.24. The van der Waals surface area contributed by atoms with Crippen molar-refractivity contribution in [3.8, 4) is 11.1 Å². The van der Waals surface area contributed by atoms with Crippen LogP contribution in [-0.4, -0.2) is 9.52 Å². The molecule has 0 saturated heterocycles. The highest BCUT2D eigenvalue weighted by Gasteiger charge is 2.41. The monoisotopic (exact) mass is 376 g/mol. The summed E-state index contributed by atoms with van der Waals surface area (Å²) in [4.78, 5) is 0. The molecule has 27 heavy (non-hydrogen) atoms. The van der Waals surface area contributed by atoms with Gasteiger partial charge in [-0.05, 0) is 35.1 Å². The standard InChI is InChI=1S/C26H36Si/c1-4-6-8-12-18-26(19-13-9-7-5-2)24-15-11-10-14-22(24)23-17-16-21(27-3)20-25(23)26/h10-11,14-17,20H,4-9,12-13,18-19H2,1-3H3. The van der Waals surface area contributed by atoms with Crippen LogP contribution < -0.4 is 5.19 Å². The SMILES string of the molecule is CCCCCCC1(CCCCCC)c2ccccc2-c2ccc([Si]C)cc21. The molecular formula is C26H36Si. The molecule has 0 aromatic heterocycles. The molecule has 3 rings (SSSR count). The summed E-state index contributed by atoms with van der Waals surface area (Å²) in [6.07, 6.45) is 13.5. The van der Waals surface area contributed by atoms with Crippen molar-refractivity contribution in [2.24, 2.45) is 0 Å². The fraction of sp³-hybridized carbons (Fsp3) is 0.538. The summed E-state index contributed by atoms with van der Waals surface area (Å²) in [6.45, 7) is 6.94. The number of fused-ring (bicyclic) bond motifs is 3. The van der Waals surface area contributed by atoms with Gasteiger partial charge in [0, 0.05) is 5.41 Å². The van der Waals surface area contributed by atoms with Crippen molar-refractivity contribution in [2.75, 3.05) is 0 Å². The van der Waals surface area contributed by atoms with Crippen molar-refractivity contribution in [3.05, 3.63) is 53.6 Å². The Balaban J connectivity index is 2.00. The van der Waals surface area contributed by atoms with Crippen LogP contribution >= 0.6 is 0 Å². The zero-order chi connectivity index (χ0) is 19.1. The van der Waals surface area contributed by atoms with Crippen molar-refractivity contribution < 1.29 is 0 Å². The quantitative estimate of drug-likeness (QED) is 0.286. The van der Waals surface area contributed by atoms with E-state index in [-0.39, 0.29) is 5.41 Å². The molecule has 2 radical (unpaired) electrons. The minimum absolute atomic E-state index is 0.253. The third-order valence-corrected chi connectivity index (χ3v) is 7.36. The van der Waals surface area contributed by atoms with Gasteiger partial charge in [0.25, 0.3) is 0 Å². The average molecular weight is 377 g/mol. The van der Waals surface area contributed by atoms with Gasteiger partial charge in [0.15, 0.2) is 0 Å². The first kappa shape index (κ1) is 20.4. The van der Waals surface area contributed by atoms with E-state index in [0.29, 0.717) is 0 Å². The third-order valence-electron chi connectivity index (χ3n) is 6.47. The lowest BCUT2D eigenvalue weighted by molar-refractivity contribution is 0.401. The predicted octanol–water partition coefficient (Wildman–Crippen LogP) is 7.27. The van der Waals surface area contributed by atoms with Crippen LogP contribution in [0.4, 0.5) is 0 Å². The topological polar surface area (TPSA) is 0 Å². The smallest absolute Gasteiger partial charge is 0.0688 e. The van der Waals surface area contributed by atoms with Crippen molar-refractivity contribution in [3.63, 3.8) is 0 Å². The minimum Gasteiger partial charge on any atom is -0.0688 e. The predicted molar refractivity (Wildman–Crippen MR) is 121 cm³/mol. The highest BCUT2D eigenvalue weighted by Crippen LogP contribution is 2.53. The van der Waals surface area contributed by atoms with Crippen molar-refractivity contribution in [1.29, 1.82) is 0 Å². The molecule has 1 heteroatoms. The van der Waals surface area contributed by atoms with Crippen molar-refractivity contribution in [1.82, 2.24) is 0 Å². The second-order valence-corrected chi connectivity index (χ2v) is 9.34. The lowest BCUT2D eigenvalue weighted by Crippen LogP contribution is -2.27. The van der Waals surface area contributed by atoms with E-state index in [1.807, 2.05) is 0 Å². The largest absolute Gasteiger partial charge is 0.0773 e. The number of hydrogen-bond acceptors (Lipinski definition) is 0. The zero-order valence-corrected chi connectivity index (χ0v) is 18.6.